The van der Waals surface area contributed by atoms with Gasteiger partial charge in [0.25, 0.3) is 0 Å². The molecule has 11 heteroatoms. The first-order chi connectivity index (χ1) is 11.7. The van der Waals surface area contributed by atoms with Gasteiger partial charge in [-0.3, -0.25) is 4.99 Å². The highest BCUT2D eigenvalue weighted by Gasteiger charge is 2.34. The number of aliphatic imine (C=N–C) groups is 1. The number of hydrogen-bond acceptors (Lipinski definition) is 5. The van der Waals surface area contributed by atoms with Crippen LogP contribution in [0.3, 0.4) is 0 Å². The monoisotopic (exact) mass is 379 g/mol. The average molecular weight is 379 g/mol. The van der Waals surface area contributed by atoms with Crippen LogP contribution in [0.4, 0.5) is 19.0 Å². The predicted molar refractivity (Wildman–Crippen MR) is 89.3 cm³/mol. The van der Waals surface area contributed by atoms with Crippen LogP contribution >= 0.6 is 0 Å². The van der Waals surface area contributed by atoms with Crippen LogP contribution in [-0.4, -0.2) is 57.0 Å². The first-order valence-electron chi connectivity index (χ1n) is 7.65. The van der Waals surface area contributed by atoms with Crippen molar-refractivity contribution in [2.45, 2.75) is 18.6 Å². The number of hydrogen-bond donors (Lipinski definition) is 3. The molecule has 0 spiro atoms. The van der Waals surface area contributed by atoms with Crippen LogP contribution in [-0.2, 0) is 16.0 Å². The van der Waals surface area contributed by atoms with E-state index in [9.17, 15) is 21.6 Å². The molecule has 1 atom stereocenters. The minimum Gasteiger partial charge on any atom is -0.368 e. The standard InChI is InChI=1S/C14H20F3N5O2S/c1-18-13(22-10-4-8-25(23,24)9-10)21-7-6-20-12-11(14(15,16)17)3-2-5-19-12/h2-3,5,10H,4,6-9H2,1H3,(H,19,20)(H2,18,21,22). The van der Waals surface area contributed by atoms with Crippen LogP contribution < -0.4 is 16.0 Å². The topological polar surface area (TPSA) is 95.5 Å². The summed E-state index contributed by atoms with van der Waals surface area (Å²) in [5, 5.41) is 8.55. The zero-order valence-electron chi connectivity index (χ0n) is 13.6. The molecule has 25 heavy (non-hydrogen) atoms. The number of alkyl halides is 3. The molecule has 0 amide bonds. The Balaban J connectivity index is 1.81. The largest absolute Gasteiger partial charge is 0.419 e. The van der Waals surface area contributed by atoms with Crippen molar-refractivity contribution < 1.29 is 21.6 Å². The zero-order valence-corrected chi connectivity index (χ0v) is 14.4. The molecule has 7 nitrogen and oxygen atoms in total. The Bertz CT molecular complexity index is 721. The molecule has 1 aliphatic heterocycles. The minimum atomic E-state index is -4.48. The van der Waals surface area contributed by atoms with Crippen molar-refractivity contribution in [3.63, 3.8) is 0 Å². The van der Waals surface area contributed by atoms with E-state index in [1.165, 1.54) is 19.3 Å². The zero-order chi connectivity index (χ0) is 18.5. The Morgan fingerprint density at radius 2 is 2.16 bits per heavy atom. The molecule has 1 unspecified atom stereocenters. The van der Waals surface area contributed by atoms with Gasteiger partial charge in [-0.05, 0) is 18.6 Å². The molecule has 1 saturated heterocycles. The first-order valence-corrected chi connectivity index (χ1v) is 9.47. The molecular formula is C14H20F3N5O2S. The van der Waals surface area contributed by atoms with Gasteiger partial charge in [0.15, 0.2) is 15.8 Å². The second-order valence-corrected chi connectivity index (χ2v) is 7.80. The smallest absolute Gasteiger partial charge is 0.368 e. The normalized spacial score (nSPS) is 20.3. The summed E-state index contributed by atoms with van der Waals surface area (Å²) in [5.74, 6) is 0.361. The fraction of sp³-hybridized carbons (Fsp3) is 0.571. The van der Waals surface area contributed by atoms with E-state index in [1.807, 2.05) is 0 Å². The lowest BCUT2D eigenvalue weighted by Gasteiger charge is -2.17. The third-order valence-corrected chi connectivity index (χ3v) is 5.39. The van der Waals surface area contributed by atoms with E-state index in [4.69, 9.17) is 0 Å². The van der Waals surface area contributed by atoms with Gasteiger partial charge in [0.1, 0.15) is 5.82 Å². The molecule has 0 radical (unpaired) electrons. The molecule has 3 N–H and O–H groups in total. The van der Waals surface area contributed by atoms with Gasteiger partial charge in [0.2, 0.25) is 0 Å². The number of aromatic nitrogens is 1. The maximum atomic E-state index is 12.9. The number of pyridine rings is 1. The molecule has 1 aromatic rings. The number of nitrogens with zero attached hydrogens (tertiary/aromatic N) is 2. The summed E-state index contributed by atoms with van der Waals surface area (Å²) in [7, 11) is -1.47. The van der Waals surface area contributed by atoms with Crippen molar-refractivity contribution in [3.8, 4) is 0 Å². The summed E-state index contributed by atoms with van der Waals surface area (Å²) in [6, 6.07) is 1.98. The van der Waals surface area contributed by atoms with Gasteiger partial charge in [-0.2, -0.15) is 13.2 Å². The van der Waals surface area contributed by atoms with Crippen molar-refractivity contribution in [2.24, 2.45) is 4.99 Å². The number of rotatable bonds is 5. The van der Waals surface area contributed by atoms with Crippen LogP contribution in [0, 0.1) is 0 Å². The van der Waals surface area contributed by atoms with E-state index in [0.29, 0.717) is 12.4 Å². The number of guanidine groups is 1. The van der Waals surface area contributed by atoms with Crippen LogP contribution in [0.5, 0.6) is 0 Å². The quantitative estimate of drug-likeness (QED) is 0.399. The maximum absolute atomic E-state index is 12.9. The van der Waals surface area contributed by atoms with Gasteiger partial charge in [0, 0.05) is 32.4 Å². The molecule has 1 aromatic heterocycles. The van der Waals surface area contributed by atoms with E-state index >= 15 is 0 Å². The van der Waals surface area contributed by atoms with Gasteiger partial charge in [-0.25, -0.2) is 13.4 Å². The Morgan fingerprint density at radius 3 is 2.76 bits per heavy atom. The van der Waals surface area contributed by atoms with Crippen molar-refractivity contribution in [1.82, 2.24) is 15.6 Å². The van der Waals surface area contributed by atoms with E-state index in [0.717, 1.165) is 6.07 Å². The lowest BCUT2D eigenvalue weighted by molar-refractivity contribution is -0.137. The number of nitrogens with one attached hydrogen (secondary N) is 3. The van der Waals surface area contributed by atoms with Crippen molar-refractivity contribution in [1.29, 1.82) is 0 Å². The lowest BCUT2D eigenvalue weighted by atomic mass is 10.2. The molecule has 2 rings (SSSR count). The Kier molecular flexibility index (Phi) is 6.09. The maximum Gasteiger partial charge on any atom is 0.419 e. The number of anilines is 1. The highest BCUT2D eigenvalue weighted by Crippen LogP contribution is 2.33. The van der Waals surface area contributed by atoms with Gasteiger partial charge in [0.05, 0.1) is 17.1 Å². The van der Waals surface area contributed by atoms with Crippen LogP contribution in [0.25, 0.3) is 0 Å². The van der Waals surface area contributed by atoms with E-state index in [2.05, 4.69) is 25.9 Å². The van der Waals surface area contributed by atoms with E-state index in [1.54, 1.807) is 0 Å². The molecule has 1 fully saturated rings. The van der Waals surface area contributed by atoms with Crippen LogP contribution in [0.2, 0.25) is 0 Å². The summed E-state index contributed by atoms with van der Waals surface area (Å²) in [5.41, 5.74) is -0.825. The molecule has 0 bridgehead atoms. The first kappa shape index (κ1) is 19.3. The highest BCUT2D eigenvalue weighted by atomic mass is 32.2. The fourth-order valence-corrected chi connectivity index (χ4v) is 4.11. The summed E-state index contributed by atoms with van der Waals surface area (Å²) < 4.78 is 61.4. The van der Waals surface area contributed by atoms with Crippen LogP contribution in [0.15, 0.2) is 23.3 Å². The summed E-state index contributed by atoms with van der Waals surface area (Å²) in [6.07, 6.45) is -2.69. The SMILES string of the molecule is CN=C(NCCNc1ncccc1C(F)(F)F)NC1CCS(=O)(=O)C1. The Labute approximate surface area is 144 Å². The fourth-order valence-electron chi connectivity index (χ4n) is 2.43. The molecule has 2 heterocycles. The van der Waals surface area contributed by atoms with Gasteiger partial charge in [-0.15, -0.1) is 0 Å². The van der Waals surface area contributed by atoms with Crippen LogP contribution in [0.1, 0.15) is 12.0 Å². The summed E-state index contributed by atoms with van der Waals surface area (Å²) >= 11 is 0. The Hall–Kier alpha value is -2.04. The molecular weight excluding hydrogens is 359 g/mol. The average Bonchev–Trinajstić information content (AvgIpc) is 2.88. The number of sulfone groups is 1. The summed E-state index contributed by atoms with van der Waals surface area (Å²) in [4.78, 5) is 7.69. The molecule has 1 aliphatic rings. The summed E-state index contributed by atoms with van der Waals surface area (Å²) in [6.45, 7) is 0.469. The van der Waals surface area contributed by atoms with E-state index < -0.39 is 21.6 Å². The molecule has 0 saturated carbocycles. The van der Waals surface area contributed by atoms with Gasteiger partial charge in [-0.1, -0.05) is 0 Å². The molecule has 0 aromatic carbocycles. The highest BCUT2D eigenvalue weighted by molar-refractivity contribution is 7.91. The van der Waals surface area contributed by atoms with Crippen molar-refractivity contribution in [2.75, 3.05) is 37.0 Å². The number of halogens is 3. The lowest BCUT2D eigenvalue weighted by Crippen LogP contribution is -2.45. The third kappa shape index (κ3) is 5.76. The van der Waals surface area contributed by atoms with Crippen molar-refractivity contribution in [3.05, 3.63) is 23.9 Å². The predicted octanol–water partition coefficient (Wildman–Crippen LogP) is 0.864. The molecule has 140 valence electrons. The third-order valence-electron chi connectivity index (χ3n) is 3.62. The second-order valence-electron chi connectivity index (χ2n) is 5.57. The van der Waals surface area contributed by atoms with E-state index in [-0.39, 0.29) is 36.5 Å². The van der Waals surface area contributed by atoms with Crippen molar-refractivity contribution >= 4 is 21.6 Å². The van der Waals surface area contributed by atoms with Gasteiger partial charge >= 0.3 is 6.18 Å². The van der Waals surface area contributed by atoms with Gasteiger partial charge < -0.3 is 16.0 Å². The minimum absolute atomic E-state index is 0.0504. The second kappa shape index (κ2) is 7.89. The Morgan fingerprint density at radius 1 is 1.40 bits per heavy atom. The molecule has 0 aliphatic carbocycles.